The second kappa shape index (κ2) is 18.9. The van der Waals surface area contributed by atoms with Gasteiger partial charge in [-0.25, -0.2) is 9.79 Å². The highest BCUT2D eigenvalue weighted by molar-refractivity contribution is 6.32. The Bertz CT molecular complexity index is 4030. The maximum Gasteiger partial charge on any atom is 0.341 e. The van der Waals surface area contributed by atoms with Crippen LogP contribution in [0.3, 0.4) is 0 Å². The standard InChI is InChI=1S/C72H76N4O3/c1-37-27-40(4)60(41(5)28-37)64-54-21-19-52(73-54)63(48-33-46(70(10,11)12)35-50-67(48)79-68-49(69(77)78-18)34-47(71(13,14)15)36-51(68)72(50,16)17)53-20-22-55(74-53)65(61-42(6)29-38(2)30-43(61)7)57-24-26-59(76-57)66(58-25-23-56(64)75-58)62-44(8)31-39(3)32-45(62)9/h19-36,54,73,75-76H,1-18H3. The number of carbonyl (C=O) groups excluding carboxylic acids is 1. The van der Waals surface area contributed by atoms with Crippen LogP contribution in [-0.2, 0) is 21.0 Å². The number of benzene rings is 5. The number of aromatic nitrogens is 2. The maximum absolute atomic E-state index is 14.1. The van der Waals surface area contributed by atoms with Crippen LogP contribution in [0.1, 0.15) is 172 Å². The molecule has 11 rings (SSSR count). The van der Waals surface area contributed by atoms with Crippen LogP contribution >= 0.6 is 0 Å². The van der Waals surface area contributed by atoms with Crippen LogP contribution in [0.4, 0.5) is 0 Å². The Kier molecular flexibility index (Phi) is 12.7. The summed E-state index contributed by atoms with van der Waals surface area (Å²) in [4.78, 5) is 28.0. The topological polar surface area (TPSA) is 91.5 Å². The molecule has 7 heteroatoms. The summed E-state index contributed by atoms with van der Waals surface area (Å²) in [7, 11) is 1.45. The van der Waals surface area contributed by atoms with Gasteiger partial charge in [-0.3, -0.25) is 0 Å². The molecule has 7 aromatic rings. The molecule has 1 atom stereocenters. The van der Waals surface area contributed by atoms with Gasteiger partial charge in [0.15, 0.2) is 0 Å². The molecule has 0 saturated carbocycles. The van der Waals surface area contributed by atoms with Gasteiger partial charge in [0.2, 0.25) is 0 Å². The van der Waals surface area contributed by atoms with Gasteiger partial charge in [-0.15, -0.1) is 0 Å². The predicted molar refractivity (Wildman–Crippen MR) is 326 cm³/mol. The first kappa shape index (κ1) is 53.1. The number of hydrogen-bond acceptors (Lipinski definition) is 5. The minimum atomic E-state index is -0.607. The number of aromatic amines is 2. The summed E-state index contributed by atoms with van der Waals surface area (Å²) < 4.78 is 13.0. The molecule has 5 aromatic carbocycles. The minimum Gasteiger partial charge on any atom is -0.465 e. The molecule has 6 heterocycles. The molecule has 2 aromatic heterocycles. The highest BCUT2D eigenvalue weighted by atomic mass is 16.5. The van der Waals surface area contributed by atoms with E-state index >= 15 is 0 Å². The van der Waals surface area contributed by atoms with Crippen LogP contribution in [0.2, 0.25) is 0 Å². The van der Waals surface area contributed by atoms with E-state index in [1.165, 1.54) is 68.3 Å². The van der Waals surface area contributed by atoms with Crippen LogP contribution < -0.4 is 20.8 Å². The maximum atomic E-state index is 14.1. The third-order valence-electron chi connectivity index (χ3n) is 16.9. The molecule has 4 aliphatic rings. The molecule has 0 fully saturated rings. The third kappa shape index (κ3) is 9.00. The average molecular weight is 1050 g/mol. The van der Waals surface area contributed by atoms with Crippen LogP contribution in [-0.4, -0.2) is 34.8 Å². The van der Waals surface area contributed by atoms with Gasteiger partial charge < -0.3 is 24.8 Å². The zero-order valence-corrected chi connectivity index (χ0v) is 49.6. The number of hydrogen-bond donors (Lipinski definition) is 3. The van der Waals surface area contributed by atoms with E-state index in [1.54, 1.807) is 0 Å². The number of aryl methyl sites for hydroxylation is 9. The van der Waals surface area contributed by atoms with E-state index in [-0.39, 0.29) is 16.9 Å². The smallest absolute Gasteiger partial charge is 0.341 e. The molecular formula is C72H76N4O3. The first-order valence-electron chi connectivity index (χ1n) is 28.0. The Balaban J connectivity index is 1.28. The van der Waals surface area contributed by atoms with E-state index in [0.717, 1.165) is 94.9 Å². The lowest BCUT2D eigenvalue weighted by atomic mass is 9.70. The number of methoxy groups -OCH3 is 1. The van der Waals surface area contributed by atoms with Crippen LogP contribution in [0.15, 0.2) is 126 Å². The summed E-state index contributed by atoms with van der Waals surface area (Å²) in [6.07, 6.45) is 8.92. The van der Waals surface area contributed by atoms with Crippen molar-refractivity contribution in [2.24, 2.45) is 4.99 Å². The van der Waals surface area contributed by atoms with Crippen molar-refractivity contribution in [2.45, 2.75) is 140 Å². The van der Waals surface area contributed by atoms with Crippen molar-refractivity contribution in [2.75, 3.05) is 7.11 Å². The van der Waals surface area contributed by atoms with Crippen molar-refractivity contribution in [1.29, 1.82) is 0 Å². The van der Waals surface area contributed by atoms with Crippen molar-refractivity contribution in [3.05, 3.63) is 243 Å². The lowest BCUT2D eigenvalue weighted by molar-refractivity contribution is 0.0597. The summed E-state index contributed by atoms with van der Waals surface area (Å²) in [6, 6.07) is 31.3. The number of H-pyrrole nitrogens is 2. The summed E-state index contributed by atoms with van der Waals surface area (Å²) in [6.45, 7) is 37.8. The van der Waals surface area contributed by atoms with Gasteiger partial charge in [-0.2, -0.15) is 0 Å². The van der Waals surface area contributed by atoms with E-state index in [2.05, 4.69) is 236 Å². The fourth-order valence-electron chi connectivity index (χ4n) is 13.2. The highest BCUT2D eigenvalue weighted by Crippen LogP contribution is 2.55. The molecule has 1 unspecified atom stereocenters. The fourth-order valence-corrected chi connectivity index (χ4v) is 13.2. The lowest BCUT2D eigenvalue weighted by Crippen LogP contribution is -2.31. The van der Waals surface area contributed by atoms with Gasteiger partial charge in [0.1, 0.15) is 17.1 Å². The van der Waals surface area contributed by atoms with Crippen LogP contribution in [0.25, 0.3) is 22.3 Å². The van der Waals surface area contributed by atoms with E-state index < -0.39 is 11.4 Å². The van der Waals surface area contributed by atoms with E-state index in [9.17, 15) is 4.79 Å². The van der Waals surface area contributed by atoms with Crippen molar-refractivity contribution in [3.63, 3.8) is 0 Å². The first-order chi connectivity index (χ1) is 37.2. The van der Waals surface area contributed by atoms with Crippen molar-refractivity contribution < 1.29 is 14.3 Å². The normalized spacial score (nSPS) is 16.5. The second-order valence-corrected chi connectivity index (χ2v) is 25.6. The molecule has 0 aliphatic carbocycles. The lowest BCUT2D eigenvalue weighted by Gasteiger charge is -2.39. The molecule has 4 aliphatic heterocycles. The largest absolute Gasteiger partial charge is 0.465 e. The molecule has 8 bridgehead atoms. The first-order valence-corrected chi connectivity index (χ1v) is 28.0. The van der Waals surface area contributed by atoms with Gasteiger partial charge >= 0.3 is 5.97 Å². The minimum absolute atomic E-state index is 0.249. The zero-order chi connectivity index (χ0) is 56.5. The molecule has 0 spiro atoms. The Morgan fingerprint density at radius 3 is 1.63 bits per heavy atom. The number of carbonyl (C=O) groups is 1. The van der Waals surface area contributed by atoms with Crippen molar-refractivity contribution in [3.8, 4) is 11.5 Å². The van der Waals surface area contributed by atoms with E-state index in [4.69, 9.17) is 14.5 Å². The van der Waals surface area contributed by atoms with Gasteiger partial charge in [0.05, 0.1) is 24.6 Å². The zero-order valence-electron chi connectivity index (χ0n) is 49.6. The molecule has 402 valence electrons. The van der Waals surface area contributed by atoms with Gasteiger partial charge in [-0.1, -0.05) is 127 Å². The summed E-state index contributed by atoms with van der Waals surface area (Å²) in [5, 5.41) is 6.21. The quantitative estimate of drug-likeness (QED) is 0.150. The Labute approximate surface area is 467 Å². The van der Waals surface area contributed by atoms with Crippen LogP contribution in [0, 0.1) is 62.3 Å². The van der Waals surface area contributed by atoms with Gasteiger partial charge in [-0.05, 0) is 189 Å². The van der Waals surface area contributed by atoms with E-state index in [1.807, 2.05) is 6.07 Å². The molecule has 3 N–H and O–H groups in total. The molecule has 0 saturated heterocycles. The monoisotopic (exact) mass is 1040 g/mol. The van der Waals surface area contributed by atoms with Gasteiger partial charge in [0.25, 0.3) is 0 Å². The number of esters is 1. The third-order valence-corrected chi connectivity index (χ3v) is 16.9. The van der Waals surface area contributed by atoms with Gasteiger partial charge in [0, 0.05) is 72.2 Å². The SMILES string of the molecule is COC(=O)c1cc(C(C)(C)C)cc2c1Oc1c(C3=C4C=CC(N4)C(c4c(C)cc(C)cc4C)=c4ccc([nH]4)=C(c4c(C)cc(C)cc4C)c4ccc([nH]4)C(c4c(C)cc(C)cc4C)=C4C=CC3=N4)cc(C(C)(C)C)cc1C2(C)C. The number of aliphatic imine (C=N–C) groups is 1. The number of rotatable bonds is 5. The molecule has 79 heavy (non-hydrogen) atoms. The Morgan fingerprint density at radius 1 is 0.570 bits per heavy atom. The molecule has 7 nitrogen and oxygen atoms in total. The Morgan fingerprint density at radius 2 is 1.08 bits per heavy atom. The number of nitrogens with one attached hydrogen (secondary N) is 3. The average Bonchev–Trinajstić information content (AvgIpc) is 4.05. The fraction of sp³-hybridized carbons (Fsp3) is 0.306. The van der Waals surface area contributed by atoms with E-state index in [0.29, 0.717) is 17.1 Å². The number of ether oxygens (including phenoxy) is 2. The number of nitrogens with zero attached hydrogens (tertiary/aromatic N) is 1. The summed E-state index contributed by atoms with van der Waals surface area (Å²) >= 11 is 0. The molecule has 0 amide bonds. The predicted octanol–water partition coefficient (Wildman–Crippen LogP) is 15.1. The second-order valence-electron chi connectivity index (χ2n) is 25.6. The Hall–Kier alpha value is -7.90. The van der Waals surface area contributed by atoms with Crippen molar-refractivity contribution >= 4 is 34.0 Å². The number of allylic oxidation sites excluding steroid dienone is 4. The van der Waals surface area contributed by atoms with Crippen molar-refractivity contribution in [1.82, 2.24) is 15.3 Å². The molecular weight excluding hydrogens is 969 g/mol. The van der Waals surface area contributed by atoms with Crippen LogP contribution in [0.5, 0.6) is 11.5 Å². The summed E-state index contributed by atoms with van der Waals surface area (Å²) in [5.74, 6) is 0.773. The number of fused-ring (bicyclic) bond motifs is 9. The molecule has 0 radical (unpaired) electrons. The summed E-state index contributed by atoms with van der Waals surface area (Å²) in [5.41, 5.74) is 27.5. The highest BCUT2D eigenvalue weighted by Gasteiger charge is 2.42.